The Balaban J connectivity index is 1.86. The predicted octanol–water partition coefficient (Wildman–Crippen LogP) is 2.90. The molecule has 1 heterocycles. The molecule has 0 radical (unpaired) electrons. The second-order valence-corrected chi connectivity index (χ2v) is 7.64. The smallest absolute Gasteiger partial charge is 0.309 e. The molecular weight excluding hydrogens is 364 g/mol. The summed E-state index contributed by atoms with van der Waals surface area (Å²) in [4.78, 5) is 35.4. The van der Waals surface area contributed by atoms with E-state index in [-0.39, 0.29) is 19.0 Å². The third-order valence-corrected chi connectivity index (χ3v) is 5.48. The first-order chi connectivity index (χ1) is 11.7. The van der Waals surface area contributed by atoms with E-state index in [1.54, 1.807) is 13.8 Å². The highest BCUT2D eigenvalue weighted by Crippen LogP contribution is 2.34. The lowest BCUT2D eigenvalue weighted by Crippen LogP contribution is -2.38. The number of halogens is 1. The maximum absolute atomic E-state index is 12.2. The van der Waals surface area contributed by atoms with E-state index in [1.807, 2.05) is 24.3 Å². The molecule has 2 rings (SSSR count). The van der Waals surface area contributed by atoms with Gasteiger partial charge in [0.25, 0.3) is 5.91 Å². The monoisotopic (exact) mass is 382 g/mol. The van der Waals surface area contributed by atoms with Crippen LogP contribution in [0.5, 0.6) is 0 Å². The molecule has 8 heteroatoms. The van der Waals surface area contributed by atoms with Crippen molar-refractivity contribution in [3.8, 4) is 0 Å². The Morgan fingerprint density at radius 1 is 1.20 bits per heavy atom. The number of carboxylic acid groups (broad SMARTS) is 1. The van der Waals surface area contributed by atoms with Crippen molar-refractivity contribution >= 4 is 50.8 Å². The maximum Gasteiger partial charge on any atom is 0.309 e. The number of thiophene rings is 1. The van der Waals surface area contributed by atoms with Crippen LogP contribution < -0.4 is 10.6 Å². The van der Waals surface area contributed by atoms with Crippen LogP contribution in [0.4, 0.5) is 0 Å². The maximum atomic E-state index is 12.2. The molecule has 1 aromatic carbocycles. The molecule has 2 amide bonds. The first-order valence-corrected chi connectivity index (χ1v) is 8.87. The van der Waals surface area contributed by atoms with Gasteiger partial charge in [0.15, 0.2) is 0 Å². The van der Waals surface area contributed by atoms with Gasteiger partial charge in [0.2, 0.25) is 5.91 Å². The fourth-order valence-corrected chi connectivity index (χ4v) is 3.52. The summed E-state index contributed by atoms with van der Waals surface area (Å²) in [6, 6.07) is 7.42. The average Bonchev–Trinajstić information content (AvgIpc) is 2.90. The molecule has 0 aliphatic heterocycles. The Kier molecular flexibility index (Phi) is 6.02. The first kappa shape index (κ1) is 19.2. The summed E-state index contributed by atoms with van der Waals surface area (Å²) < 4.78 is 0.901. The first-order valence-electron chi connectivity index (χ1n) is 7.67. The topological polar surface area (TPSA) is 95.5 Å². The average molecular weight is 383 g/mol. The predicted molar refractivity (Wildman–Crippen MR) is 98.2 cm³/mol. The Morgan fingerprint density at radius 3 is 2.52 bits per heavy atom. The third-order valence-electron chi connectivity index (χ3n) is 3.80. The Morgan fingerprint density at radius 2 is 1.88 bits per heavy atom. The van der Waals surface area contributed by atoms with Gasteiger partial charge >= 0.3 is 5.97 Å². The summed E-state index contributed by atoms with van der Waals surface area (Å²) in [5.74, 6) is -1.71. The Labute approximate surface area is 154 Å². The summed E-state index contributed by atoms with van der Waals surface area (Å²) in [6.45, 7) is 3.20. The van der Waals surface area contributed by atoms with Crippen LogP contribution in [0.2, 0.25) is 5.02 Å². The van der Waals surface area contributed by atoms with Crippen molar-refractivity contribution in [1.29, 1.82) is 0 Å². The minimum atomic E-state index is -0.922. The molecule has 3 N–H and O–H groups in total. The molecule has 0 bridgehead atoms. The summed E-state index contributed by atoms with van der Waals surface area (Å²) >= 11 is 7.49. The Hall–Kier alpha value is -2.12. The lowest BCUT2D eigenvalue weighted by molar-refractivity contribution is -0.147. The van der Waals surface area contributed by atoms with Gasteiger partial charge in [0.05, 0.1) is 17.0 Å². The molecule has 134 valence electrons. The highest BCUT2D eigenvalue weighted by atomic mass is 35.5. The van der Waals surface area contributed by atoms with Crippen molar-refractivity contribution < 1.29 is 19.5 Å². The summed E-state index contributed by atoms with van der Waals surface area (Å²) in [5.41, 5.74) is -0.916. The van der Waals surface area contributed by atoms with Gasteiger partial charge in [-0.25, -0.2) is 0 Å². The number of aliphatic carboxylic acids is 1. The highest BCUT2D eigenvalue weighted by Gasteiger charge is 2.26. The van der Waals surface area contributed by atoms with Gasteiger partial charge in [-0.1, -0.05) is 29.8 Å². The van der Waals surface area contributed by atoms with Crippen molar-refractivity contribution in [3.63, 3.8) is 0 Å². The molecule has 0 fully saturated rings. The molecule has 2 aromatic rings. The zero-order chi connectivity index (χ0) is 18.6. The standard InChI is InChI=1S/C17H19ClN2O4S/c1-17(2,16(23)24)7-8-19-12(21)9-20-15(22)14-13(18)10-5-3-4-6-11(10)25-14/h3-6H,7-9H2,1-2H3,(H,19,21)(H,20,22)(H,23,24). The van der Waals surface area contributed by atoms with Crippen LogP contribution >= 0.6 is 22.9 Å². The molecule has 0 saturated heterocycles. The molecule has 0 spiro atoms. The fraction of sp³-hybridized carbons (Fsp3) is 0.353. The van der Waals surface area contributed by atoms with Crippen molar-refractivity contribution in [2.45, 2.75) is 20.3 Å². The SMILES string of the molecule is CC(C)(CCNC(=O)CNC(=O)c1sc2ccccc2c1Cl)C(=O)O. The number of nitrogens with one attached hydrogen (secondary N) is 2. The quantitative estimate of drug-likeness (QED) is 0.686. The van der Waals surface area contributed by atoms with E-state index in [9.17, 15) is 14.4 Å². The third kappa shape index (κ3) is 4.70. The number of fused-ring (bicyclic) bond motifs is 1. The minimum absolute atomic E-state index is 0.198. The van der Waals surface area contributed by atoms with Crippen molar-refractivity contribution in [2.24, 2.45) is 5.41 Å². The molecule has 0 aliphatic rings. The van der Waals surface area contributed by atoms with E-state index in [0.717, 1.165) is 10.1 Å². The number of hydrogen-bond donors (Lipinski definition) is 3. The minimum Gasteiger partial charge on any atom is -0.481 e. The number of carboxylic acids is 1. The van der Waals surface area contributed by atoms with E-state index >= 15 is 0 Å². The summed E-state index contributed by atoms with van der Waals surface area (Å²) in [7, 11) is 0. The van der Waals surface area contributed by atoms with Crippen LogP contribution in [0, 0.1) is 5.41 Å². The van der Waals surface area contributed by atoms with Gasteiger partial charge in [-0.3, -0.25) is 14.4 Å². The number of carbonyl (C=O) groups is 3. The van der Waals surface area contributed by atoms with Gasteiger partial charge in [0.1, 0.15) is 4.88 Å². The zero-order valence-corrected chi connectivity index (χ0v) is 15.5. The van der Waals surface area contributed by atoms with E-state index < -0.39 is 17.3 Å². The normalized spacial score (nSPS) is 11.3. The van der Waals surface area contributed by atoms with Gasteiger partial charge in [-0.05, 0) is 26.3 Å². The summed E-state index contributed by atoms with van der Waals surface area (Å²) in [5, 5.41) is 15.3. The van der Waals surface area contributed by atoms with E-state index in [0.29, 0.717) is 16.3 Å². The summed E-state index contributed by atoms with van der Waals surface area (Å²) in [6.07, 6.45) is 0.296. The van der Waals surface area contributed by atoms with Gasteiger partial charge < -0.3 is 15.7 Å². The molecule has 0 saturated carbocycles. The van der Waals surface area contributed by atoms with Crippen LogP contribution in [0.15, 0.2) is 24.3 Å². The fourth-order valence-electron chi connectivity index (χ4n) is 2.08. The van der Waals surface area contributed by atoms with E-state index in [2.05, 4.69) is 10.6 Å². The van der Waals surface area contributed by atoms with Crippen LogP contribution in [0.3, 0.4) is 0 Å². The van der Waals surface area contributed by atoms with Crippen LogP contribution in [-0.2, 0) is 9.59 Å². The highest BCUT2D eigenvalue weighted by molar-refractivity contribution is 7.21. The number of benzene rings is 1. The van der Waals surface area contributed by atoms with Gasteiger partial charge in [-0.2, -0.15) is 0 Å². The van der Waals surface area contributed by atoms with Crippen molar-refractivity contribution in [1.82, 2.24) is 10.6 Å². The number of rotatable bonds is 7. The van der Waals surface area contributed by atoms with Crippen LogP contribution in [0.1, 0.15) is 29.9 Å². The second kappa shape index (κ2) is 7.84. The van der Waals surface area contributed by atoms with E-state index in [4.69, 9.17) is 16.7 Å². The molecule has 0 aliphatic carbocycles. The molecule has 6 nitrogen and oxygen atoms in total. The lowest BCUT2D eigenvalue weighted by atomic mass is 9.90. The number of carbonyl (C=O) groups excluding carboxylic acids is 2. The zero-order valence-electron chi connectivity index (χ0n) is 13.9. The number of amides is 2. The van der Waals surface area contributed by atoms with Gasteiger partial charge in [-0.15, -0.1) is 11.3 Å². The largest absolute Gasteiger partial charge is 0.481 e. The molecule has 25 heavy (non-hydrogen) atoms. The lowest BCUT2D eigenvalue weighted by Gasteiger charge is -2.18. The van der Waals surface area contributed by atoms with Crippen molar-refractivity contribution in [2.75, 3.05) is 13.1 Å². The Bertz CT molecular complexity index is 816. The van der Waals surface area contributed by atoms with Gasteiger partial charge in [0, 0.05) is 16.6 Å². The number of hydrogen-bond acceptors (Lipinski definition) is 4. The van der Waals surface area contributed by atoms with Crippen molar-refractivity contribution in [3.05, 3.63) is 34.2 Å². The molecular formula is C17H19ClN2O4S. The van der Waals surface area contributed by atoms with Crippen LogP contribution in [0.25, 0.3) is 10.1 Å². The molecule has 1 aromatic heterocycles. The van der Waals surface area contributed by atoms with E-state index in [1.165, 1.54) is 11.3 Å². The molecule has 0 unspecified atom stereocenters. The molecule has 0 atom stereocenters. The van der Waals surface area contributed by atoms with Crippen LogP contribution in [-0.4, -0.2) is 36.0 Å². The second-order valence-electron chi connectivity index (χ2n) is 6.21.